The summed E-state index contributed by atoms with van der Waals surface area (Å²) in [5, 5.41) is 2.99. The number of rotatable bonds is 3. The Hall–Kier alpha value is -0.640. The standard InChI is InChI=1S/C10H18N2OS/c1-7-4-2-3-5-8(7)12-10(13)6-9(11)14/h7-8H,2-6H2,1H3,(H2,11,14)(H,12,13). The summed E-state index contributed by atoms with van der Waals surface area (Å²) in [6, 6.07) is 0.325. The van der Waals surface area contributed by atoms with Crippen LogP contribution in [0, 0.1) is 5.92 Å². The molecule has 0 radical (unpaired) electrons. The van der Waals surface area contributed by atoms with Gasteiger partial charge < -0.3 is 11.1 Å². The SMILES string of the molecule is CC1CCCCC1NC(=O)CC(N)=S. The highest BCUT2D eigenvalue weighted by atomic mass is 32.1. The van der Waals surface area contributed by atoms with Gasteiger partial charge in [0.1, 0.15) is 0 Å². The van der Waals surface area contributed by atoms with Crippen molar-refractivity contribution in [1.82, 2.24) is 5.32 Å². The quantitative estimate of drug-likeness (QED) is 0.697. The van der Waals surface area contributed by atoms with E-state index in [9.17, 15) is 4.79 Å². The first kappa shape index (κ1) is 11.4. The Morgan fingerprint density at radius 2 is 2.14 bits per heavy atom. The fraction of sp³-hybridized carbons (Fsp3) is 0.800. The Bertz CT molecular complexity index is 230. The van der Waals surface area contributed by atoms with Crippen LogP contribution in [0.15, 0.2) is 0 Å². The van der Waals surface area contributed by atoms with Crippen LogP contribution in [0.4, 0.5) is 0 Å². The number of amides is 1. The number of nitrogens with two attached hydrogens (primary N) is 1. The summed E-state index contributed by atoms with van der Waals surface area (Å²) < 4.78 is 0. The largest absolute Gasteiger partial charge is 0.393 e. The molecule has 0 aliphatic heterocycles. The average molecular weight is 214 g/mol. The first-order chi connectivity index (χ1) is 6.59. The lowest BCUT2D eigenvalue weighted by molar-refractivity contribution is -0.121. The normalized spacial score (nSPS) is 26.9. The average Bonchev–Trinajstić information content (AvgIpc) is 2.07. The van der Waals surface area contributed by atoms with Crippen molar-refractivity contribution in [3.8, 4) is 0 Å². The molecule has 0 heterocycles. The Labute approximate surface area is 90.4 Å². The maximum Gasteiger partial charge on any atom is 0.227 e. The molecule has 0 saturated heterocycles. The maximum atomic E-state index is 11.4. The van der Waals surface area contributed by atoms with Crippen LogP contribution in [0.1, 0.15) is 39.0 Å². The molecule has 80 valence electrons. The van der Waals surface area contributed by atoms with E-state index in [1.165, 1.54) is 19.3 Å². The summed E-state index contributed by atoms with van der Waals surface area (Å²) in [5.41, 5.74) is 5.30. The van der Waals surface area contributed by atoms with Crippen molar-refractivity contribution in [2.75, 3.05) is 0 Å². The van der Waals surface area contributed by atoms with E-state index < -0.39 is 0 Å². The topological polar surface area (TPSA) is 55.1 Å². The lowest BCUT2D eigenvalue weighted by atomic mass is 9.86. The van der Waals surface area contributed by atoms with Gasteiger partial charge in [-0.2, -0.15) is 0 Å². The van der Waals surface area contributed by atoms with Crippen molar-refractivity contribution in [2.45, 2.75) is 45.1 Å². The molecule has 1 aliphatic rings. The lowest BCUT2D eigenvalue weighted by Crippen LogP contribution is -2.42. The molecule has 3 N–H and O–H groups in total. The van der Waals surface area contributed by atoms with Gasteiger partial charge in [0.05, 0.1) is 11.4 Å². The molecule has 0 aromatic carbocycles. The van der Waals surface area contributed by atoms with Crippen LogP contribution in [-0.2, 0) is 4.79 Å². The van der Waals surface area contributed by atoms with E-state index in [1.54, 1.807) is 0 Å². The van der Waals surface area contributed by atoms with Crippen molar-refractivity contribution in [2.24, 2.45) is 11.7 Å². The van der Waals surface area contributed by atoms with E-state index >= 15 is 0 Å². The number of carbonyl (C=O) groups is 1. The Balaban J connectivity index is 2.34. The molecule has 3 nitrogen and oxygen atoms in total. The van der Waals surface area contributed by atoms with Crippen LogP contribution in [0.5, 0.6) is 0 Å². The van der Waals surface area contributed by atoms with Crippen LogP contribution < -0.4 is 11.1 Å². The molecule has 2 unspecified atom stereocenters. The van der Waals surface area contributed by atoms with Gasteiger partial charge in [-0.1, -0.05) is 32.0 Å². The van der Waals surface area contributed by atoms with E-state index in [0.29, 0.717) is 12.0 Å². The number of hydrogen-bond donors (Lipinski definition) is 2. The van der Waals surface area contributed by atoms with Crippen LogP contribution in [0.25, 0.3) is 0 Å². The Morgan fingerprint density at radius 1 is 1.50 bits per heavy atom. The van der Waals surface area contributed by atoms with Crippen LogP contribution >= 0.6 is 12.2 Å². The zero-order chi connectivity index (χ0) is 10.6. The molecule has 1 rings (SSSR count). The third kappa shape index (κ3) is 3.62. The van der Waals surface area contributed by atoms with Gasteiger partial charge in [-0.3, -0.25) is 4.79 Å². The van der Waals surface area contributed by atoms with E-state index in [0.717, 1.165) is 6.42 Å². The van der Waals surface area contributed by atoms with Gasteiger partial charge in [-0.25, -0.2) is 0 Å². The minimum atomic E-state index is -0.0312. The van der Waals surface area contributed by atoms with Gasteiger partial charge in [-0.15, -0.1) is 0 Å². The molecule has 0 bridgehead atoms. The highest BCUT2D eigenvalue weighted by molar-refractivity contribution is 7.80. The van der Waals surface area contributed by atoms with Crippen LogP contribution in [-0.4, -0.2) is 16.9 Å². The van der Waals surface area contributed by atoms with Gasteiger partial charge in [0.25, 0.3) is 0 Å². The highest BCUT2D eigenvalue weighted by Gasteiger charge is 2.22. The molecule has 0 spiro atoms. The van der Waals surface area contributed by atoms with E-state index in [-0.39, 0.29) is 17.3 Å². The lowest BCUT2D eigenvalue weighted by Gasteiger charge is -2.29. The van der Waals surface area contributed by atoms with Crippen molar-refractivity contribution >= 4 is 23.1 Å². The van der Waals surface area contributed by atoms with Crippen molar-refractivity contribution < 1.29 is 4.79 Å². The van der Waals surface area contributed by atoms with Gasteiger partial charge in [0.2, 0.25) is 5.91 Å². The van der Waals surface area contributed by atoms with Gasteiger partial charge in [-0.05, 0) is 18.8 Å². The fourth-order valence-corrected chi connectivity index (χ4v) is 2.08. The number of carbonyl (C=O) groups excluding carboxylic acids is 1. The van der Waals surface area contributed by atoms with Crippen LogP contribution in [0.2, 0.25) is 0 Å². The molecule has 1 aliphatic carbocycles. The van der Waals surface area contributed by atoms with Gasteiger partial charge >= 0.3 is 0 Å². The molecule has 1 fully saturated rings. The number of nitrogens with one attached hydrogen (secondary N) is 1. The zero-order valence-corrected chi connectivity index (χ0v) is 9.40. The number of thiocarbonyl (C=S) groups is 1. The monoisotopic (exact) mass is 214 g/mol. The predicted octanol–water partition coefficient (Wildman–Crippen LogP) is 1.36. The summed E-state index contributed by atoms with van der Waals surface area (Å²) >= 11 is 4.69. The van der Waals surface area contributed by atoms with E-state index in [4.69, 9.17) is 5.73 Å². The van der Waals surface area contributed by atoms with Crippen LogP contribution in [0.3, 0.4) is 0 Å². The highest BCUT2D eigenvalue weighted by Crippen LogP contribution is 2.23. The molecule has 1 amide bonds. The zero-order valence-electron chi connectivity index (χ0n) is 8.58. The molecule has 4 heteroatoms. The van der Waals surface area contributed by atoms with Crippen molar-refractivity contribution in [1.29, 1.82) is 0 Å². The van der Waals surface area contributed by atoms with Crippen molar-refractivity contribution in [3.63, 3.8) is 0 Å². The Kier molecular flexibility index (Phi) is 4.32. The molecular formula is C10H18N2OS. The summed E-state index contributed by atoms with van der Waals surface area (Å²) in [6.45, 7) is 2.19. The second-order valence-electron chi connectivity index (χ2n) is 4.08. The number of hydrogen-bond acceptors (Lipinski definition) is 2. The fourth-order valence-electron chi connectivity index (χ4n) is 1.95. The minimum absolute atomic E-state index is 0.0312. The summed E-state index contributed by atoms with van der Waals surface area (Å²) in [7, 11) is 0. The van der Waals surface area contributed by atoms with E-state index in [2.05, 4.69) is 24.5 Å². The molecular weight excluding hydrogens is 196 g/mol. The Morgan fingerprint density at radius 3 is 2.71 bits per heavy atom. The van der Waals surface area contributed by atoms with Crippen molar-refractivity contribution in [3.05, 3.63) is 0 Å². The second-order valence-corrected chi connectivity index (χ2v) is 4.60. The molecule has 0 aromatic heterocycles. The second kappa shape index (κ2) is 5.29. The first-order valence-electron chi connectivity index (χ1n) is 5.17. The molecule has 14 heavy (non-hydrogen) atoms. The third-order valence-corrected chi connectivity index (χ3v) is 2.94. The molecule has 0 aromatic rings. The molecule has 1 saturated carbocycles. The first-order valence-corrected chi connectivity index (χ1v) is 5.58. The minimum Gasteiger partial charge on any atom is -0.393 e. The van der Waals surface area contributed by atoms with Gasteiger partial charge in [0.15, 0.2) is 0 Å². The molecule has 2 atom stereocenters. The predicted molar refractivity (Wildman–Crippen MR) is 61.0 cm³/mol. The summed E-state index contributed by atoms with van der Waals surface area (Å²) in [6.07, 6.45) is 4.96. The third-order valence-electron chi connectivity index (χ3n) is 2.79. The summed E-state index contributed by atoms with van der Waals surface area (Å²) in [5.74, 6) is 0.551. The smallest absolute Gasteiger partial charge is 0.227 e. The summed E-state index contributed by atoms with van der Waals surface area (Å²) in [4.78, 5) is 11.7. The maximum absolute atomic E-state index is 11.4. The van der Waals surface area contributed by atoms with Gasteiger partial charge in [0, 0.05) is 6.04 Å². The van der Waals surface area contributed by atoms with E-state index in [1.807, 2.05) is 0 Å².